The fraction of sp³-hybridized carbons (Fsp3) is 0.158. The van der Waals surface area contributed by atoms with Gasteiger partial charge in [-0.15, -0.1) is 11.3 Å². The molecule has 3 aromatic rings. The fourth-order valence-corrected chi connectivity index (χ4v) is 3.61. The highest BCUT2D eigenvalue weighted by Gasteiger charge is 2.08. The van der Waals surface area contributed by atoms with Gasteiger partial charge >= 0.3 is 0 Å². The lowest BCUT2D eigenvalue weighted by atomic mass is 10.1. The van der Waals surface area contributed by atoms with E-state index in [1.807, 2.05) is 30.3 Å². The van der Waals surface area contributed by atoms with Gasteiger partial charge in [-0.1, -0.05) is 41.4 Å². The van der Waals surface area contributed by atoms with E-state index < -0.39 is 0 Å². The molecular formula is C19H16ClFS. The van der Waals surface area contributed by atoms with Gasteiger partial charge in [0, 0.05) is 21.2 Å². The van der Waals surface area contributed by atoms with Gasteiger partial charge in [-0.3, -0.25) is 0 Å². The zero-order chi connectivity index (χ0) is 15.7. The molecule has 0 atom stereocenters. The number of thiophene rings is 1. The Morgan fingerprint density at radius 1 is 1.00 bits per heavy atom. The maximum absolute atomic E-state index is 13.7. The number of halogens is 2. The van der Waals surface area contributed by atoms with Gasteiger partial charge in [0.15, 0.2) is 0 Å². The molecule has 0 radical (unpaired) electrons. The SMILES string of the molecule is Cc1ccc(Cl)c(Cc2ccc(-c3ccc(C)c(F)c3)s2)c1. The van der Waals surface area contributed by atoms with Crippen LogP contribution in [0.15, 0.2) is 48.5 Å². The summed E-state index contributed by atoms with van der Waals surface area (Å²) in [5, 5.41) is 0.793. The third-order valence-electron chi connectivity index (χ3n) is 3.68. The highest BCUT2D eigenvalue weighted by molar-refractivity contribution is 7.15. The van der Waals surface area contributed by atoms with Crippen molar-refractivity contribution < 1.29 is 4.39 Å². The monoisotopic (exact) mass is 330 g/mol. The second-order valence-electron chi connectivity index (χ2n) is 5.50. The first-order valence-electron chi connectivity index (χ1n) is 7.13. The third kappa shape index (κ3) is 3.23. The van der Waals surface area contributed by atoms with Crippen molar-refractivity contribution in [1.29, 1.82) is 0 Å². The molecular weight excluding hydrogens is 315 g/mol. The molecule has 22 heavy (non-hydrogen) atoms. The van der Waals surface area contributed by atoms with Crippen LogP contribution in [0.25, 0.3) is 10.4 Å². The fourth-order valence-electron chi connectivity index (χ4n) is 2.40. The minimum atomic E-state index is -0.158. The lowest BCUT2D eigenvalue weighted by molar-refractivity contribution is 0.619. The van der Waals surface area contributed by atoms with Crippen molar-refractivity contribution in [2.24, 2.45) is 0 Å². The standard InChI is InChI=1S/C19H16ClFS/c1-12-3-7-17(20)15(9-12)10-16-6-8-19(22-16)14-5-4-13(2)18(21)11-14/h3-9,11H,10H2,1-2H3. The summed E-state index contributed by atoms with van der Waals surface area (Å²) in [6, 6.07) is 15.6. The van der Waals surface area contributed by atoms with Crippen LogP contribution in [-0.2, 0) is 6.42 Å². The van der Waals surface area contributed by atoms with Crippen molar-refractivity contribution in [2.75, 3.05) is 0 Å². The van der Waals surface area contributed by atoms with E-state index in [0.717, 1.165) is 27.4 Å². The summed E-state index contributed by atoms with van der Waals surface area (Å²) in [4.78, 5) is 2.31. The zero-order valence-electron chi connectivity index (χ0n) is 12.5. The van der Waals surface area contributed by atoms with Gasteiger partial charge in [-0.05, 0) is 54.8 Å². The summed E-state index contributed by atoms with van der Waals surface area (Å²) in [7, 11) is 0. The van der Waals surface area contributed by atoms with Crippen molar-refractivity contribution in [2.45, 2.75) is 20.3 Å². The smallest absolute Gasteiger partial charge is 0.126 e. The van der Waals surface area contributed by atoms with Crippen molar-refractivity contribution in [3.63, 3.8) is 0 Å². The first-order valence-corrected chi connectivity index (χ1v) is 8.32. The van der Waals surface area contributed by atoms with Gasteiger partial charge in [-0.2, -0.15) is 0 Å². The Morgan fingerprint density at radius 3 is 2.59 bits per heavy atom. The molecule has 0 spiro atoms. The van der Waals surface area contributed by atoms with E-state index in [0.29, 0.717) is 5.56 Å². The van der Waals surface area contributed by atoms with Gasteiger partial charge < -0.3 is 0 Å². The van der Waals surface area contributed by atoms with Crippen LogP contribution in [0.5, 0.6) is 0 Å². The molecule has 0 saturated heterocycles. The van der Waals surface area contributed by atoms with Crippen molar-refractivity contribution in [3.05, 3.63) is 80.9 Å². The summed E-state index contributed by atoms with van der Waals surface area (Å²) in [5.74, 6) is -0.158. The van der Waals surface area contributed by atoms with Crippen LogP contribution in [0, 0.1) is 19.7 Å². The molecule has 3 heteroatoms. The van der Waals surface area contributed by atoms with E-state index in [2.05, 4.69) is 19.1 Å². The largest absolute Gasteiger partial charge is 0.207 e. The summed E-state index contributed by atoms with van der Waals surface area (Å²) in [6.07, 6.45) is 0.805. The van der Waals surface area contributed by atoms with Gasteiger partial charge in [0.05, 0.1) is 0 Å². The number of hydrogen-bond acceptors (Lipinski definition) is 1. The maximum Gasteiger partial charge on any atom is 0.126 e. The van der Waals surface area contributed by atoms with Gasteiger partial charge in [0.2, 0.25) is 0 Å². The molecule has 1 aromatic heterocycles. The Kier molecular flexibility index (Phi) is 4.32. The summed E-state index contributed by atoms with van der Waals surface area (Å²) < 4.78 is 13.7. The minimum absolute atomic E-state index is 0.158. The molecule has 0 aliphatic carbocycles. The molecule has 0 unspecified atom stereocenters. The second kappa shape index (κ2) is 6.23. The summed E-state index contributed by atoms with van der Waals surface area (Å²) >= 11 is 7.95. The average Bonchev–Trinajstić information content (AvgIpc) is 2.94. The topological polar surface area (TPSA) is 0 Å². The third-order valence-corrected chi connectivity index (χ3v) is 5.19. The van der Waals surface area contributed by atoms with Gasteiger partial charge in [0.25, 0.3) is 0 Å². The Morgan fingerprint density at radius 2 is 1.82 bits per heavy atom. The first kappa shape index (κ1) is 15.3. The van der Waals surface area contributed by atoms with Crippen molar-refractivity contribution in [3.8, 4) is 10.4 Å². The summed E-state index contributed by atoms with van der Waals surface area (Å²) in [6.45, 7) is 3.84. The Hall–Kier alpha value is -1.64. The molecule has 0 fully saturated rings. The van der Waals surface area contributed by atoms with Crippen LogP contribution in [0.3, 0.4) is 0 Å². The van der Waals surface area contributed by atoms with Crippen LogP contribution in [-0.4, -0.2) is 0 Å². The van der Waals surface area contributed by atoms with E-state index in [1.54, 1.807) is 24.3 Å². The first-order chi connectivity index (χ1) is 10.5. The van der Waals surface area contributed by atoms with E-state index in [-0.39, 0.29) is 5.82 Å². The van der Waals surface area contributed by atoms with E-state index in [1.165, 1.54) is 10.4 Å². The molecule has 0 bridgehead atoms. The zero-order valence-corrected chi connectivity index (χ0v) is 14.1. The van der Waals surface area contributed by atoms with E-state index >= 15 is 0 Å². The normalized spacial score (nSPS) is 10.9. The number of benzene rings is 2. The second-order valence-corrected chi connectivity index (χ2v) is 7.08. The molecule has 0 nitrogen and oxygen atoms in total. The molecule has 0 saturated carbocycles. The van der Waals surface area contributed by atoms with Crippen LogP contribution in [0.1, 0.15) is 21.6 Å². The van der Waals surface area contributed by atoms with E-state index in [4.69, 9.17) is 11.6 Å². The minimum Gasteiger partial charge on any atom is -0.207 e. The molecule has 0 amide bonds. The van der Waals surface area contributed by atoms with Crippen LogP contribution in [0.2, 0.25) is 5.02 Å². The molecule has 2 aromatic carbocycles. The van der Waals surface area contributed by atoms with Crippen LogP contribution in [0.4, 0.5) is 4.39 Å². The van der Waals surface area contributed by atoms with Gasteiger partial charge in [-0.25, -0.2) is 4.39 Å². The molecule has 1 heterocycles. The Balaban J connectivity index is 1.87. The molecule has 3 rings (SSSR count). The summed E-state index contributed by atoms with van der Waals surface area (Å²) in [5.41, 5.74) is 3.93. The predicted octanol–water partition coefficient (Wildman–Crippen LogP) is 6.42. The molecule has 0 N–H and O–H groups in total. The average molecular weight is 331 g/mol. The van der Waals surface area contributed by atoms with E-state index in [9.17, 15) is 4.39 Å². The number of rotatable bonds is 3. The number of hydrogen-bond donors (Lipinski definition) is 0. The number of aryl methyl sites for hydroxylation is 2. The van der Waals surface area contributed by atoms with Crippen molar-refractivity contribution in [1.82, 2.24) is 0 Å². The highest BCUT2D eigenvalue weighted by atomic mass is 35.5. The van der Waals surface area contributed by atoms with Crippen LogP contribution >= 0.6 is 22.9 Å². The molecule has 112 valence electrons. The highest BCUT2D eigenvalue weighted by Crippen LogP contribution is 2.31. The molecule has 0 aliphatic rings. The Labute approximate surface area is 139 Å². The van der Waals surface area contributed by atoms with Crippen molar-refractivity contribution >= 4 is 22.9 Å². The van der Waals surface area contributed by atoms with Gasteiger partial charge in [0.1, 0.15) is 5.82 Å². The Bertz CT molecular complexity index is 820. The predicted molar refractivity (Wildman–Crippen MR) is 93.4 cm³/mol. The van der Waals surface area contributed by atoms with Crippen LogP contribution < -0.4 is 0 Å². The lowest BCUT2D eigenvalue weighted by Crippen LogP contribution is -1.87. The maximum atomic E-state index is 13.7. The quantitative estimate of drug-likeness (QED) is 0.520. The lowest BCUT2D eigenvalue weighted by Gasteiger charge is -2.04. The molecule has 0 aliphatic heterocycles.